The maximum absolute atomic E-state index is 9.47. The van der Waals surface area contributed by atoms with E-state index in [0.29, 0.717) is 6.42 Å². The smallest absolute Gasteiger partial charge is 0.119 e. The largest absolute Gasteiger partial charge is 0.508 e. The minimum atomic E-state index is -0.329. The molecule has 4 N–H and O–H groups in total. The SMILES string of the molecule is NC(CO)Cc1c(O)cccc1Br. The zero-order valence-electron chi connectivity index (χ0n) is 7.07. The number of nitrogens with two attached hydrogens (primary N) is 1. The van der Waals surface area contributed by atoms with Crippen molar-refractivity contribution in [1.29, 1.82) is 0 Å². The standard InChI is InChI=1S/C9H12BrNO2/c10-8-2-1-3-9(13)7(8)4-6(11)5-12/h1-3,6,12-13H,4-5,11H2. The molecule has 0 fully saturated rings. The lowest BCUT2D eigenvalue weighted by Gasteiger charge is -2.11. The van der Waals surface area contributed by atoms with Crippen LogP contribution < -0.4 is 5.73 Å². The van der Waals surface area contributed by atoms with Crippen molar-refractivity contribution in [2.75, 3.05) is 6.61 Å². The summed E-state index contributed by atoms with van der Waals surface area (Å²) in [5.41, 5.74) is 6.30. The highest BCUT2D eigenvalue weighted by molar-refractivity contribution is 9.10. The molecule has 0 amide bonds. The number of aliphatic hydroxyl groups is 1. The van der Waals surface area contributed by atoms with Gasteiger partial charge in [-0.2, -0.15) is 0 Å². The second kappa shape index (κ2) is 4.60. The summed E-state index contributed by atoms with van der Waals surface area (Å²) in [6.07, 6.45) is 0.462. The molecule has 0 aliphatic rings. The van der Waals surface area contributed by atoms with Crippen molar-refractivity contribution >= 4 is 15.9 Å². The van der Waals surface area contributed by atoms with E-state index in [1.54, 1.807) is 12.1 Å². The van der Waals surface area contributed by atoms with Crippen LogP contribution in [0.4, 0.5) is 0 Å². The van der Waals surface area contributed by atoms with E-state index < -0.39 is 0 Å². The lowest BCUT2D eigenvalue weighted by molar-refractivity contribution is 0.264. The molecule has 1 atom stereocenters. The van der Waals surface area contributed by atoms with Gasteiger partial charge in [-0.1, -0.05) is 22.0 Å². The van der Waals surface area contributed by atoms with Crippen LogP contribution in [0.25, 0.3) is 0 Å². The van der Waals surface area contributed by atoms with Crippen LogP contribution in [0.15, 0.2) is 22.7 Å². The predicted molar refractivity (Wildman–Crippen MR) is 54.6 cm³/mol. The monoisotopic (exact) mass is 245 g/mol. The molecule has 0 bridgehead atoms. The molecule has 1 aromatic carbocycles. The van der Waals surface area contributed by atoms with Gasteiger partial charge in [-0.05, 0) is 18.6 Å². The average Bonchev–Trinajstić information content (AvgIpc) is 2.11. The number of phenolic OH excluding ortho intramolecular Hbond substituents is 1. The molecule has 1 unspecified atom stereocenters. The Kier molecular flexibility index (Phi) is 3.71. The molecule has 1 rings (SSSR count). The van der Waals surface area contributed by atoms with E-state index in [0.717, 1.165) is 10.0 Å². The van der Waals surface area contributed by atoms with Gasteiger partial charge in [-0.25, -0.2) is 0 Å². The van der Waals surface area contributed by atoms with Crippen LogP contribution in [0.2, 0.25) is 0 Å². The highest BCUT2D eigenvalue weighted by atomic mass is 79.9. The number of aromatic hydroxyl groups is 1. The van der Waals surface area contributed by atoms with Crippen molar-refractivity contribution in [3.8, 4) is 5.75 Å². The zero-order valence-corrected chi connectivity index (χ0v) is 8.66. The maximum atomic E-state index is 9.47. The first-order valence-electron chi connectivity index (χ1n) is 3.98. The molecule has 1 aromatic rings. The van der Waals surface area contributed by atoms with Crippen molar-refractivity contribution in [3.63, 3.8) is 0 Å². The summed E-state index contributed by atoms with van der Waals surface area (Å²) in [5.74, 6) is 0.207. The van der Waals surface area contributed by atoms with Crippen molar-refractivity contribution in [2.45, 2.75) is 12.5 Å². The van der Waals surface area contributed by atoms with E-state index in [4.69, 9.17) is 10.8 Å². The normalized spacial score (nSPS) is 12.8. The summed E-state index contributed by atoms with van der Waals surface area (Å²) in [6.45, 7) is -0.0826. The molecule has 0 saturated carbocycles. The third kappa shape index (κ3) is 2.69. The van der Waals surface area contributed by atoms with Gasteiger partial charge in [0, 0.05) is 16.1 Å². The van der Waals surface area contributed by atoms with Gasteiger partial charge in [0.05, 0.1) is 6.61 Å². The third-order valence-electron chi connectivity index (χ3n) is 1.79. The molecule has 4 heteroatoms. The zero-order chi connectivity index (χ0) is 9.84. The molecule has 0 spiro atoms. The molecule has 0 aliphatic heterocycles. The van der Waals surface area contributed by atoms with E-state index in [1.807, 2.05) is 6.07 Å². The second-order valence-electron chi connectivity index (χ2n) is 2.88. The van der Waals surface area contributed by atoms with Crippen molar-refractivity contribution < 1.29 is 10.2 Å². The summed E-state index contributed by atoms with van der Waals surface area (Å²) < 4.78 is 0.816. The fourth-order valence-electron chi connectivity index (χ4n) is 1.08. The Morgan fingerprint density at radius 1 is 1.46 bits per heavy atom. The lowest BCUT2D eigenvalue weighted by atomic mass is 10.1. The van der Waals surface area contributed by atoms with E-state index in [9.17, 15) is 5.11 Å². The van der Waals surface area contributed by atoms with Crippen LogP contribution >= 0.6 is 15.9 Å². The first-order chi connectivity index (χ1) is 6.15. The summed E-state index contributed by atoms with van der Waals surface area (Å²) in [6, 6.07) is 4.85. The van der Waals surface area contributed by atoms with Gasteiger partial charge in [-0.3, -0.25) is 0 Å². The van der Waals surface area contributed by atoms with Crippen LogP contribution in [-0.4, -0.2) is 22.9 Å². The molecule has 0 heterocycles. The first kappa shape index (κ1) is 10.5. The second-order valence-corrected chi connectivity index (χ2v) is 3.74. The minimum Gasteiger partial charge on any atom is -0.508 e. The van der Waals surface area contributed by atoms with Gasteiger partial charge in [-0.15, -0.1) is 0 Å². The van der Waals surface area contributed by atoms with Crippen molar-refractivity contribution in [3.05, 3.63) is 28.2 Å². The van der Waals surface area contributed by atoms with Crippen LogP contribution in [0, 0.1) is 0 Å². The molecular weight excluding hydrogens is 234 g/mol. The molecule has 0 radical (unpaired) electrons. The van der Waals surface area contributed by atoms with Gasteiger partial charge >= 0.3 is 0 Å². The van der Waals surface area contributed by atoms with Gasteiger partial charge in [0.15, 0.2) is 0 Å². The minimum absolute atomic E-state index is 0.0826. The van der Waals surface area contributed by atoms with E-state index in [-0.39, 0.29) is 18.4 Å². The molecule has 0 aromatic heterocycles. The Balaban J connectivity index is 2.87. The van der Waals surface area contributed by atoms with E-state index in [1.165, 1.54) is 0 Å². The van der Waals surface area contributed by atoms with Gasteiger partial charge in [0.25, 0.3) is 0 Å². The van der Waals surface area contributed by atoms with Gasteiger partial charge in [0.1, 0.15) is 5.75 Å². The van der Waals surface area contributed by atoms with Crippen LogP contribution in [0.3, 0.4) is 0 Å². The highest BCUT2D eigenvalue weighted by Gasteiger charge is 2.09. The first-order valence-corrected chi connectivity index (χ1v) is 4.77. The number of rotatable bonds is 3. The van der Waals surface area contributed by atoms with Crippen molar-refractivity contribution in [1.82, 2.24) is 0 Å². The summed E-state index contributed by atoms with van der Waals surface area (Å²) >= 11 is 3.31. The van der Waals surface area contributed by atoms with Crippen molar-refractivity contribution in [2.24, 2.45) is 5.73 Å². The van der Waals surface area contributed by atoms with Gasteiger partial charge in [0.2, 0.25) is 0 Å². The Morgan fingerprint density at radius 3 is 2.69 bits per heavy atom. The molecule has 0 aliphatic carbocycles. The quantitative estimate of drug-likeness (QED) is 0.745. The number of benzene rings is 1. The number of phenols is 1. The third-order valence-corrected chi connectivity index (χ3v) is 2.54. The fourth-order valence-corrected chi connectivity index (χ4v) is 1.59. The van der Waals surface area contributed by atoms with E-state index >= 15 is 0 Å². The number of hydrogen-bond donors (Lipinski definition) is 3. The van der Waals surface area contributed by atoms with Gasteiger partial charge < -0.3 is 15.9 Å². The van der Waals surface area contributed by atoms with Crippen LogP contribution in [0.5, 0.6) is 5.75 Å². The molecule has 13 heavy (non-hydrogen) atoms. The highest BCUT2D eigenvalue weighted by Crippen LogP contribution is 2.26. The van der Waals surface area contributed by atoms with Crippen LogP contribution in [0.1, 0.15) is 5.56 Å². The number of halogens is 1. The van der Waals surface area contributed by atoms with Crippen LogP contribution in [-0.2, 0) is 6.42 Å². The fraction of sp³-hybridized carbons (Fsp3) is 0.333. The Bertz CT molecular complexity index is 271. The average molecular weight is 246 g/mol. The Labute approximate surface area is 85.3 Å². The summed E-state index contributed by atoms with van der Waals surface area (Å²) in [4.78, 5) is 0. The summed E-state index contributed by atoms with van der Waals surface area (Å²) in [7, 11) is 0. The Hall–Kier alpha value is -0.580. The number of aliphatic hydroxyl groups excluding tert-OH is 1. The summed E-state index contributed by atoms with van der Waals surface area (Å²) in [5, 5.41) is 18.2. The Morgan fingerprint density at radius 2 is 2.15 bits per heavy atom. The maximum Gasteiger partial charge on any atom is 0.119 e. The molecular formula is C9H12BrNO2. The number of hydrogen-bond acceptors (Lipinski definition) is 3. The van der Waals surface area contributed by atoms with E-state index in [2.05, 4.69) is 15.9 Å². The molecule has 72 valence electrons. The lowest BCUT2D eigenvalue weighted by Crippen LogP contribution is -2.27. The molecule has 0 saturated heterocycles. The predicted octanol–water partition coefficient (Wildman–Crippen LogP) is 1.02. The molecule has 3 nitrogen and oxygen atoms in total. The topological polar surface area (TPSA) is 66.5 Å².